The number of nitrogens with zero attached hydrogens (tertiary/aromatic N) is 1. The van der Waals surface area contributed by atoms with Gasteiger partial charge >= 0.3 is 0 Å². The quantitative estimate of drug-likeness (QED) is 0.858. The molecule has 0 spiro atoms. The molecule has 2 rings (SSSR count). The molecule has 1 unspecified atom stereocenters. The molecule has 0 saturated heterocycles. The molecule has 1 atom stereocenters. The molecule has 0 aliphatic heterocycles. The van der Waals surface area contributed by atoms with Crippen LogP contribution in [0.4, 0.5) is 0 Å². The monoisotopic (exact) mass is 267 g/mol. The van der Waals surface area contributed by atoms with Gasteiger partial charge in [0.2, 0.25) is 0 Å². The summed E-state index contributed by atoms with van der Waals surface area (Å²) in [7, 11) is 0. The van der Waals surface area contributed by atoms with E-state index in [1.54, 1.807) is 23.6 Å². The first kappa shape index (κ1) is 12.6. The topological polar surface area (TPSA) is 33.1 Å². The molecule has 90 valence electrons. The smallest absolute Gasteiger partial charge is 0.129 e. The second kappa shape index (κ2) is 5.63. The Hall–Kier alpha value is -0.900. The van der Waals surface area contributed by atoms with Crippen LogP contribution >= 0.6 is 22.9 Å². The number of pyridine rings is 1. The number of aryl methyl sites for hydroxylation is 1. The van der Waals surface area contributed by atoms with Crippen molar-refractivity contribution < 1.29 is 5.11 Å². The van der Waals surface area contributed by atoms with Crippen LogP contribution < -0.4 is 0 Å². The highest BCUT2D eigenvalue weighted by Gasteiger charge is 2.10. The molecule has 0 aliphatic carbocycles. The van der Waals surface area contributed by atoms with Crippen molar-refractivity contribution in [3.8, 4) is 0 Å². The first-order valence-corrected chi connectivity index (χ1v) is 6.75. The maximum atomic E-state index is 10.1. The summed E-state index contributed by atoms with van der Waals surface area (Å²) >= 11 is 7.46. The molecule has 0 radical (unpaired) electrons. The fourth-order valence-electron chi connectivity index (χ4n) is 1.61. The summed E-state index contributed by atoms with van der Waals surface area (Å²) in [5.41, 5.74) is 0.806. The van der Waals surface area contributed by atoms with E-state index >= 15 is 0 Å². The fraction of sp³-hybridized carbons (Fsp3) is 0.308. The van der Waals surface area contributed by atoms with Crippen molar-refractivity contribution in [3.05, 3.63) is 50.9 Å². The second-order valence-corrected chi connectivity index (χ2v) is 5.50. The number of hydrogen-bond donors (Lipinski definition) is 1. The minimum Gasteiger partial charge on any atom is -0.388 e. The lowest BCUT2D eigenvalue weighted by atomic mass is 10.1. The van der Waals surface area contributed by atoms with E-state index in [9.17, 15) is 5.11 Å². The van der Waals surface area contributed by atoms with E-state index < -0.39 is 6.10 Å². The SMILES string of the molecule is CCc1ccc(CC(O)c2ccc(Cl)nc2)s1. The summed E-state index contributed by atoms with van der Waals surface area (Å²) in [6, 6.07) is 7.71. The molecule has 0 aromatic carbocycles. The van der Waals surface area contributed by atoms with Gasteiger partial charge in [0.1, 0.15) is 5.15 Å². The lowest BCUT2D eigenvalue weighted by Crippen LogP contribution is -2.00. The van der Waals surface area contributed by atoms with E-state index in [4.69, 9.17) is 11.6 Å². The molecule has 4 heteroatoms. The van der Waals surface area contributed by atoms with Gasteiger partial charge in [0.25, 0.3) is 0 Å². The lowest BCUT2D eigenvalue weighted by molar-refractivity contribution is 0.179. The molecule has 2 nitrogen and oxygen atoms in total. The number of aliphatic hydroxyl groups excluding tert-OH is 1. The third kappa shape index (κ3) is 3.28. The van der Waals surface area contributed by atoms with E-state index in [0.717, 1.165) is 12.0 Å². The Morgan fingerprint density at radius 2 is 2.06 bits per heavy atom. The molecule has 2 aromatic heterocycles. The Bertz CT molecular complexity index is 480. The van der Waals surface area contributed by atoms with Crippen molar-refractivity contribution in [2.75, 3.05) is 0 Å². The van der Waals surface area contributed by atoms with Crippen LogP contribution in [0.1, 0.15) is 28.3 Å². The zero-order valence-corrected chi connectivity index (χ0v) is 11.1. The molecule has 17 heavy (non-hydrogen) atoms. The predicted molar refractivity (Wildman–Crippen MR) is 71.6 cm³/mol. The zero-order valence-electron chi connectivity index (χ0n) is 9.56. The highest BCUT2D eigenvalue weighted by atomic mass is 35.5. The predicted octanol–water partition coefficient (Wildman–Crippen LogP) is 3.64. The molecule has 0 saturated carbocycles. The van der Waals surface area contributed by atoms with Crippen molar-refractivity contribution in [2.24, 2.45) is 0 Å². The molecule has 2 heterocycles. The highest BCUT2D eigenvalue weighted by Crippen LogP contribution is 2.24. The summed E-state index contributed by atoms with van der Waals surface area (Å²) in [5.74, 6) is 0. The summed E-state index contributed by atoms with van der Waals surface area (Å²) < 4.78 is 0. The van der Waals surface area contributed by atoms with Crippen molar-refractivity contribution in [3.63, 3.8) is 0 Å². The van der Waals surface area contributed by atoms with Crippen LogP contribution in [0.15, 0.2) is 30.5 Å². The fourth-order valence-corrected chi connectivity index (χ4v) is 2.72. The first-order valence-electron chi connectivity index (χ1n) is 5.56. The van der Waals surface area contributed by atoms with Crippen molar-refractivity contribution in [1.29, 1.82) is 0 Å². The zero-order chi connectivity index (χ0) is 12.3. The van der Waals surface area contributed by atoms with Gasteiger partial charge in [0.05, 0.1) is 6.10 Å². The van der Waals surface area contributed by atoms with Gasteiger partial charge in [0.15, 0.2) is 0 Å². The Morgan fingerprint density at radius 3 is 2.65 bits per heavy atom. The van der Waals surface area contributed by atoms with Crippen molar-refractivity contribution in [2.45, 2.75) is 25.9 Å². The lowest BCUT2D eigenvalue weighted by Gasteiger charge is -2.08. The summed E-state index contributed by atoms with van der Waals surface area (Å²) in [6.45, 7) is 2.13. The Kier molecular flexibility index (Phi) is 4.15. The van der Waals surface area contributed by atoms with Gasteiger partial charge in [-0.25, -0.2) is 4.98 Å². The van der Waals surface area contributed by atoms with E-state index in [0.29, 0.717) is 11.6 Å². The molecule has 1 N–H and O–H groups in total. The maximum absolute atomic E-state index is 10.1. The van der Waals surface area contributed by atoms with E-state index in [2.05, 4.69) is 24.0 Å². The average Bonchev–Trinajstić information content (AvgIpc) is 2.77. The third-order valence-corrected chi connectivity index (χ3v) is 4.07. The summed E-state index contributed by atoms with van der Waals surface area (Å²) in [4.78, 5) is 6.52. The number of hydrogen-bond acceptors (Lipinski definition) is 3. The average molecular weight is 268 g/mol. The standard InChI is InChI=1S/C13H14ClNOS/c1-2-10-4-5-11(17-10)7-12(16)9-3-6-13(14)15-8-9/h3-6,8,12,16H,2,7H2,1H3. The van der Waals surface area contributed by atoms with E-state index in [1.807, 2.05) is 6.07 Å². The number of rotatable bonds is 4. The molecule has 0 fully saturated rings. The summed E-state index contributed by atoms with van der Waals surface area (Å²) in [6.07, 6.45) is 2.79. The van der Waals surface area contributed by atoms with Crippen molar-refractivity contribution >= 4 is 22.9 Å². The molecular weight excluding hydrogens is 254 g/mol. The van der Waals surface area contributed by atoms with Crippen LogP contribution in [0.5, 0.6) is 0 Å². The highest BCUT2D eigenvalue weighted by molar-refractivity contribution is 7.11. The van der Waals surface area contributed by atoms with Crippen LogP contribution in [0.3, 0.4) is 0 Å². The van der Waals surface area contributed by atoms with Gasteiger partial charge < -0.3 is 5.11 Å². The van der Waals surface area contributed by atoms with Crippen LogP contribution in [-0.2, 0) is 12.8 Å². The Balaban J connectivity index is 2.05. The molecule has 0 amide bonds. The molecular formula is C13H14ClNOS. The third-order valence-electron chi connectivity index (χ3n) is 2.60. The van der Waals surface area contributed by atoms with Crippen LogP contribution in [0.2, 0.25) is 5.15 Å². The van der Waals surface area contributed by atoms with Crippen molar-refractivity contribution in [1.82, 2.24) is 4.98 Å². The Morgan fingerprint density at radius 1 is 1.29 bits per heavy atom. The summed E-state index contributed by atoms with van der Waals surface area (Å²) in [5, 5.41) is 10.5. The number of aliphatic hydroxyl groups is 1. The molecule has 2 aromatic rings. The van der Waals surface area contributed by atoms with Gasteiger partial charge in [-0.1, -0.05) is 24.6 Å². The van der Waals surface area contributed by atoms with Gasteiger partial charge in [-0.15, -0.1) is 11.3 Å². The van der Waals surface area contributed by atoms with Crippen LogP contribution in [0.25, 0.3) is 0 Å². The molecule has 0 bridgehead atoms. The molecule has 0 aliphatic rings. The number of halogens is 1. The van der Waals surface area contributed by atoms with E-state index in [-0.39, 0.29) is 0 Å². The Labute approximate surface area is 110 Å². The minimum absolute atomic E-state index is 0.449. The first-order chi connectivity index (χ1) is 8.19. The van der Waals surface area contributed by atoms with Gasteiger partial charge in [-0.2, -0.15) is 0 Å². The second-order valence-electron chi connectivity index (χ2n) is 3.86. The normalized spacial score (nSPS) is 12.6. The van der Waals surface area contributed by atoms with Gasteiger partial charge in [-0.05, 0) is 30.2 Å². The largest absolute Gasteiger partial charge is 0.388 e. The number of aromatic nitrogens is 1. The maximum Gasteiger partial charge on any atom is 0.129 e. The van der Waals surface area contributed by atoms with Gasteiger partial charge in [0, 0.05) is 22.4 Å². The van der Waals surface area contributed by atoms with Crippen LogP contribution in [0, 0.1) is 0 Å². The van der Waals surface area contributed by atoms with Crippen LogP contribution in [-0.4, -0.2) is 10.1 Å². The van der Waals surface area contributed by atoms with E-state index in [1.165, 1.54) is 9.75 Å². The number of thiophene rings is 1. The minimum atomic E-state index is -0.511. The van der Waals surface area contributed by atoms with Gasteiger partial charge in [-0.3, -0.25) is 0 Å².